The fourth-order valence-corrected chi connectivity index (χ4v) is 3.08. The molecule has 2 rings (SSSR count). The molecule has 4 nitrogen and oxygen atoms in total. The standard InChI is InChI=1S/C15H21BrN2O2/c1-17(2)10-11-5-4-8-18(11)15(19)13-9-12(20-3)6-7-14(13)16/h6-7,9,11H,4-5,8,10H2,1-3H3. The number of rotatable bonds is 4. The first-order valence-electron chi connectivity index (χ1n) is 6.82. The summed E-state index contributed by atoms with van der Waals surface area (Å²) in [5, 5.41) is 0. The third-order valence-corrected chi connectivity index (χ3v) is 4.31. The molecule has 0 radical (unpaired) electrons. The number of halogens is 1. The van der Waals surface area contributed by atoms with Crippen LogP contribution in [0, 0.1) is 0 Å². The first-order valence-corrected chi connectivity index (χ1v) is 7.61. The molecule has 1 aromatic carbocycles. The van der Waals surface area contributed by atoms with Crippen molar-refractivity contribution in [2.45, 2.75) is 18.9 Å². The predicted molar refractivity (Wildman–Crippen MR) is 83.3 cm³/mol. The number of carbonyl (C=O) groups is 1. The van der Waals surface area contributed by atoms with Crippen LogP contribution in [0.2, 0.25) is 0 Å². The van der Waals surface area contributed by atoms with Crippen LogP contribution in [0.1, 0.15) is 23.2 Å². The van der Waals surface area contributed by atoms with E-state index in [0.717, 1.165) is 30.4 Å². The lowest BCUT2D eigenvalue weighted by Crippen LogP contribution is -2.41. The summed E-state index contributed by atoms with van der Waals surface area (Å²) in [4.78, 5) is 16.9. The Morgan fingerprint density at radius 3 is 2.90 bits per heavy atom. The number of amides is 1. The molecule has 1 saturated heterocycles. The van der Waals surface area contributed by atoms with Gasteiger partial charge in [0.25, 0.3) is 5.91 Å². The maximum Gasteiger partial charge on any atom is 0.255 e. The summed E-state index contributed by atoms with van der Waals surface area (Å²) in [6.45, 7) is 1.74. The van der Waals surface area contributed by atoms with Gasteiger partial charge in [-0.1, -0.05) is 0 Å². The monoisotopic (exact) mass is 340 g/mol. The van der Waals surface area contributed by atoms with Gasteiger partial charge in [0.1, 0.15) is 5.75 Å². The maximum absolute atomic E-state index is 12.7. The largest absolute Gasteiger partial charge is 0.497 e. The van der Waals surface area contributed by atoms with Gasteiger partial charge in [-0.05, 0) is 61.1 Å². The van der Waals surface area contributed by atoms with Crippen LogP contribution in [0.25, 0.3) is 0 Å². The van der Waals surface area contributed by atoms with E-state index in [-0.39, 0.29) is 5.91 Å². The third kappa shape index (κ3) is 3.33. The number of hydrogen-bond acceptors (Lipinski definition) is 3. The van der Waals surface area contributed by atoms with Crippen molar-refractivity contribution in [1.29, 1.82) is 0 Å². The maximum atomic E-state index is 12.7. The molecular formula is C15H21BrN2O2. The fourth-order valence-electron chi connectivity index (χ4n) is 2.66. The number of likely N-dealkylation sites (N-methyl/N-ethyl adjacent to an activating group) is 1. The van der Waals surface area contributed by atoms with Crippen molar-refractivity contribution >= 4 is 21.8 Å². The topological polar surface area (TPSA) is 32.8 Å². The molecule has 1 aliphatic heterocycles. The molecule has 0 N–H and O–H groups in total. The van der Waals surface area contributed by atoms with Crippen molar-refractivity contribution in [2.75, 3.05) is 34.3 Å². The molecule has 0 aliphatic carbocycles. The number of ether oxygens (including phenoxy) is 1. The molecule has 1 heterocycles. The van der Waals surface area contributed by atoms with E-state index in [9.17, 15) is 4.79 Å². The molecule has 1 unspecified atom stereocenters. The molecule has 1 aromatic rings. The average molecular weight is 341 g/mol. The van der Waals surface area contributed by atoms with Gasteiger partial charge in [0.05, 0.1) is 12.7 Å². The SMILES string of the molecule is COc1ccc(Br)c(C(=O)N2CCCC2CN(C)C)c1. The predicted octanol–water partition coefficient (Wildman–Crippen LogP) is 2.62. The van der Waals surface area contributed by atoms with E-state index in [2.05, 4.69) is 20.8 Å². The van der Waals surface area contributed by atoms with Gasteiger partial charge in [-0.15, -0.1) is 0 Å². The Labute approximate surface area is 128 Å². The van der Waals surface area contributed by atoms with Gasteiger partial charge in [0, 0.05) is 23.6 Å². The van der Waals surface area contributed by atoms with Crippen LogP contribution in [0.15, 0.2) is 22.7 Å². The summed E-state index contributed by atoms with van der Waals surface area (Å²) >= 11 is 3.46. The molecule has 110 valence electrons. The zero-order chi connectivity index (χ0) is 14.7. The molecule has 20 heavy (non-hydrogen) atoms. The van der Waals surface area contributed by atoms with Crippen molar-refractivity contribution in [3.8, 4) is 5.75 Å². The highest BCUT2D eigenvalue weighted by Gasteiger charge is 2.30. The van der Waals surface area contributed by atoms with E-state index < -0.39 is 0 Å². The summed E-state index contributed by atoms with van der Waals surface area (Å²) in [6, 6.07) is 5.82. The smallest absolute Gasteiger partial charge is 0.255 e. The van der Waals surface area contributed by atoms with Gasteiger partial charge < -0.3 is 14.5 Å². The minimum atomic E-state index is 0.0834. The molecule has 1 fully saturated rings. The number of benzene rings is 1. The number of hydrogen-bond donors (Lipinski definition) is 0. The van der Waals surface area contributed by atoms with Gasteiger partial charge >= 0.3 is 0 Å². The lowest BCUT2D eigenvalue weighted by Gasteiger charge is -2.27. The molecular weight excluding hydrogens is 320 g/mol. The van der Waals surface area contributed by atoms with E-state index >= 15 is 0 Å². The summed E-state index contributed by atoms with van der Waals surface area (Å²) in [5.74, 6) is 0.792. The Morgan fingerprint density at radius 1 is 1.50 bits per heavy atom. The normalized spacial score (nSPS) is 18.6. The quantitative estimate of drug-likeness (QED) is 0.844. The summed E-state index contributed by atoms with van der Waals surface area (Å²) < 4.78 is 6.03. The second kappa shape index (κ2) is 6.59. The number of likely N-dealkylation sites (tertiary alicyclic amines) is 1. The lowest BCUT2D eigenvalue weighted by molar-refractivity contribution is 0.0715. The van der Waals surface area contributed by atoms with Gasteiger partial charge in [0.2, 0.25) is 0 Å². The first kappa shape index (κ1) is 15.3. The third-order valence-electron chi connectivity index (χ3n) is 3.62. The minimum Gasteiger partial charge on any atom is -0.497 e. The van der Waals surface area contributed by atoms with Crippen molar-refractivity contribution in [3.63, 3.8) is 0 Å². The van der Waals surface area contributed by atoms with Crippen molar-refractivity contribution in [1.82, 2.24) is 9.80 Å². The second-order valence-electron chi connectivity index (χ2n) is 5.40. The molecule has 0 aromatic heterocycles. The highest BCUT2D eigenvalue weighted by molar-refractivity contribution is 9.10. The minimum absolute atomic E-state index is 0.0834. The Hall–Kier alpha value is -1.07. The summed E-state index contributed by atoms with van der Waals surface area (Å²) in [5.41, 5.74) is 0.676. The molecule has 1 amide bonds. The molecule has 0 bridgehead atoms. The van der Waals surface area contributed by atoms with Crippen LogP contribution in [0.5, 0.6) is 5.75 Å². The number of carbonyl (C=O) groups excluding carboxylic acids is 1. The van der Waals surface area contributed by atoms with E-state index in [1.807, 2.05) is 31.1 Å². The summed E-state index contributed by atoms with van der Waals surface area (Å²) in [7, 11) is 5.70. The molecule has 5 heteroatoms. The molecule has 1 atom stereocenters. The Balaban J connectivity index is 2.22. The second-order valence-corrected chi connectivity index (χ2v) is 6.26. The molecule has 1 aliphatic rings. The van der Waals surface area contributed by atoms with E-state index in [0.29, 0.717) is 17.4 Å². The van der Waals surface area contributed by atoms with Gasteiger partial charge in [-0.2, -0.15) is 0 Å². The molecule has 0 saturated carbocycles. The van der Waals surface area contributed by atoms with Crippen LogP contribution in [0.3, 0.4) is 0 Å². The van der Waals surface area contributed by atoms with E-state index in [4.69, 9.17) is 4.74 Å². The fraction of sp³-hybridized carbons (Fsp3) is 0.533. The molecule has 0 spiro atoms. The van der Waals surface area contributed by atoms with Gasteiger partial charge in [0.15, 0.2) is 0 Å². The summed E-state index contributed by atoms with van der Waals surface area (Å²) in [6.07, 6.45) is 2.15. The first-order chi connectivity index (χ1) is 9.52. The van der Waals surface area contributed by atoms with Crippen LogP contribution >= 0.6 is 15.9 Å². The van der Waals surface area contributed by atoms with Crippen LogP contribution in [-0.4, -0.2) is 56.0 Å². The zero-order valence-corrected chi connectivity index (χ0v) is 13.8. The van der Waals surface area contributed by atoms with Crippen LogP contribution < -0.4 is 4.74 Å². The Kier molecular flexibility index (Phi) is 5.05. The van der Waals surface area contributed by atoms with Gasteiger partial charge in [-0.25, -0.2) is 0 Å². The highest BCUT2D eigenvalue weighted by atomic mass is 79.9. The number of methoxy groups -OCH3 is 1. The zero-order valence-electron chi connectivity index (χ0n) is 12.2. The van der Waals surface area contributed by atoms with Crippen molar-refractivity contribution in [2.24, 2.45) is 0 Å². The van der Waals surface area contributed by atoms with E-state index in [1.165, 1.54) is 0 Å². The highest BCUT2D eigenvalue weighted by Crippen LogP contribution is 2.27. The average Bonchev–Trinajstić information content (AvgIpc) is 2.86. The van der Waals surface area contributed by atoms with Gasteiger partial charge in [-0.3, -0.25) is 4.79 Å². The Bertz CT molecular complexity index is 491. The van der Waals surface area contributed by atoms with Crippen LogP contribution in [-0.2, 0) is 0 Å². The number of nitrogens with zero attached hydrogens (tertiary/aromatic N) is 2. The van der Waals surface area contributed by atoms with E-state index in [1.54, 1.807) is 13.2 Å². The van der Waals surface area contributed by atoms with Crippen LogP contribution in [0.4, 0.5) is 0 Å². The lowest BCUT2D eigenvalue weighted by atomic mass is 10.1. The Morgan fingerprint density at radius 2 is 2.25 bits per heavy atom. The van der Waals surface area contributed by atoms with Crippen molar-refractivity contribution in [3.05, 3.63) is 28.2 Å². The van der Waals surface area contributed by atoms with Crippen molar-refractivity contribution < 1.29 is 9.53 Å².